The lowest BCUT2D eigenvalue weighted by Crippen LogP contribution is -2.37. The van der Waals surface area contributed by atoms with Crippen molar-refractivity contribution in [3.8, 4) is 0 Å². The number of nitrogens with zero attached hydrogens (tertiary/aromatic N) is 1. The Bertz CT molecular complexity index is 960. The van der Waals surface area contributed by atoms with Crippen LogP contribution in [0.1, 0.15) is 39.9 Å². The second kappa shape index (κ2) is 10.4. The quantitative estimate of drug-likeness (QED) is 0.512. The molecule has 8 heteroatoms. The van der Waals surface area contributed by atoms with Crippen LogP contribution < -0.4 is 0 Å². The standard InChI is InChI=1S/C24H27F2NO4S/c1-16(14-17-6-3-2-4-7-17)20(28)11-9-18-15-24(25,26)23(31)27(18)13-5-8-19-10-12-21(32-19)22(29)30/h2-4,6-7,9-12,16,18,20,28H,5,8,13-15H2,1H3,(H,29,30)/t16-,18+,20-/m1/s1. The summed E-state index contributed by atoms with van der Waals surface area (Å²) in [6, 6.07) is 12.1. The minimum atomic E-state index is -3.42. The van der Waals surface area contributed by atoms with Gasteiger partial charge in [0.1, 0.15) is 4.88 Å². The van der Waals surface area contributed by atoms with Gasteiger partial charge in [0.05, 0.1) is 12.1 Å². The molecular weight excluding hydrogens is 436 g/mol. The van der Waals surface area contributed by atoms with Crippen molar-refractivity contribution in [1.82, 2.24) is 4.90 Å². The van der Waals surface area contributed by atoms with Gasteiger partial charge in [-0.3, -0.25) is 4.79 Å². The molecule has 1 saturated heterocycles. The van der Waals surface area contributed by atoms with E-state index in [0.717, 1.165) is 26.7 Å². The van der Waals surface area contributed by atoms with Gasteiger partial charge >= 0.3 is 11.9 Å². The van der Waals surface area contributed by atoms with Crippen molar-refractivity contribution in [3.63, 3.8) is 0 Å². The molecule has 0 unspecified atom stereocenters. The van der Waals surface area contributed by atoms with Gasteiger partial charge in [0.2, 0.25) is 0 Å². The van der Waals surface area contributed by atoms with Gasteiger partial charge in [0, 0.05) is 17.8 Å². The number of halogens is 2. The van der Waals surface area contributed by atoms with E-state index in [1.165, 1.54) is 18.2 Å². The highest BCUT2D eigenvalue weighted by Crippen LogP contribution is 2.34. The van der Waals surface area contributed by atoms with Crippen molar-refractivity contribution in [1.29, 1.82) is 0 Å². The van der Waals surface area contributed by atoms with E-state index in [4.69, 9.17) is 5.11 Å². The Morgan fingerprint density at radius 2 is 2.00 bits per heavy atom. The minimum Gasteiger partial charge on any atom is -0.477 e. The molecule has 32 heavy (non-hydrogen) atoms. The van der Waals surface area contributed by atoms with E-state index in [1.807, 2.05) is 37.3 Å². The monoisotopic (exact) mass is 463 g/mol. The fourth-order valence-corrected chi connectivity index (χ4v) is 4.74. The lowest BCUT2D eigenvalue weighted by atomic mass is 9.95. The number of likely N-dealkylation sites (tertiary alicyclic amines) is 1. The van der Waals surface area contributed by atoms with Crippen LogP contribution in [-0.4, -0.2) is 51.6 Å². The number of carbonyl (C=O) groups is 2. The Balaban J connectivity index is 1.59. The number of alkyl halides is 2. The van der Waals surface area contributed by atoms with Crippen molar-refractivity contribution in [2.45, 2.75) is 50.7 Å². The van der Waals surface area contributed by atoms with E-state index in [-0.39, 0.29) is 17.3 Å². The molecule has 5 nitrogen and oxygen atoms in total. The number of hydrogen-bond acceptors (Lipinski definition) is 4. The van der Waals surface area contributed by atoms with E-state index in [2.05, 4.69) is 0 Å². The second-order valence-corrected chi connectivity index (χ2v) is 9.36. The molecular formula is C24H27F2NO4S. The Morgan fingerprint density at radius 1 is 1.28 bits per heavy atom. The van der Waals surface area contributed by atoms with Crippen molar-refractivity contribution in [2.24, 2.45) is 5.92 Å². The van der Waals surface area contributed by atoms with Gasteiger partial charge in [-0.05, 0) is 42.9 Å². The van der Waals surface area contributed by atoms with E-state index in [0.29, 0.717) is 19.3 Å². The Morgan fingerprint density at radius 3 is 2.66 bits per heavy atom. The van der Waals surface area contributed by atoms with E-state index >= 15 is 0 Å². The molecule has 2 heterocycles. The number of hydrogen-bond donors (Lipinski definition) is 2. The molecule has 2 aromatic rings. The third kappa shape index (κ3) is 6.01. The fraction of sp³-hybridized carbons (Fsp3) is 0.417. The molecule has 1 amide bonds. The van der Waals surface area contributed by atoms with Gasteiger partial charge in [-0.25, -0.2) is 4.79 Å². The number of aromatic carboxylic acids is 1. The molecule has 1 aromatic heterocycles. The zero-order valence-corrected chi connectivity index (χ0v) is 18.6. The first kappa shape index (κ1) is 24.1. The molecule has 1 aromatic carbocycles. The van der Waals surface area contributed by atoms with E-state index < -0.39 is 36.4 Å². The lowest BCUT2D eigenvalue weighted by Gasteiger charge is -2.22. The normalized spacial score (nSPS) is 20.1. The number of thiophene rings is 1. The number of amides is 1. The smallest absolute Gasteiger partial charge is 0.345 e. The summed E-state index contributed by atoms with van der Waals surface area (Å²) in [5.41, 5.74) is 1.08. The van der Waals surface area contributed by atoms with Crippen LogP contribution in [0.4, 0.5) is 8.78 Å². The van der Waals surface area contributed by atoms with Gasteiger partial charge in [0.15, 0.2) is 0 Å². The number of benzene rings is 1. The van der Waals surface area contributed by atoms with Crippen LogP contribution in [0.15, 0.2) is 54.6 Å². The topological polar surface area (TPSA) is 77.8 Å². The Labute approximate surface area is 190 Å². The van der Waals surface area contributed by atoms with E-state index in [1.54, 1.807) is 6.07 Å². The van der Waals surface area contributed by atoms with E-state index in [9.17, 15) is 23.5 Å². The van der Waals surface area contributed by atoms with Gasteiger partial charge < -0.3 is 15.1 Å². The molecule has 1 fully saturated rings. The summed E-state index contributed by atoms with van der Waals surface area (Å²) in [7, 11) is 0. The molecule has 0 bridgehead atoms. The van der Waals surface area contributed by atoms with Gasteiger partial charge in [-0.15, -0.1) is 11.3 Å². The molecule has 2 N–H and O–H groups in total. The van der Waals surface area contributed by atoms with Crippen molar-refractivity contribution in [3.05, 3.63) is 69.9 Å². The summed E-state index contributed by atoms with van der Waals surface area (Å²) in [6.07, 6.45) is 3.19. The van der Waals surface area contributed by atoms with Crippen LogP contribution in [-0.2, 0) is 17.6 Å². The maximum Gasteiger partial charge on any atom is 0.345 e. The molecule has 3 atom stereocenters. The number of rotatable bonds is 10. The first-order valence-electron chi connectivity index (χ1n) is 10.6. The zero-order valence-electron chi connectivity index (χ0n) is 17.8. The van der Waals surface area contributed by atoms with Gasteiger partial charge in [-0.2, -0.15) is 8.78 Å². The summed E-state index contributed by atoms with van der Waals surface area (Å²) in [6.45, 7) is 2.03. The molecule has 0 saturated carbocycles. The van der Waals surface area contributed by atoms with Crippen LogP contribution in [0.2, 0.25) is 0 Å². The average molecular weight is 464 g/mol. The lowest BCUT2D eigenvalue weighted by molar-refractivity contribution is -0.148. The van der Waals surface area contributed by atoms with Crippen LogP contribution in [0.3, 0.4) is 0 Å². The number of carboxylic acids is 1. The zero-order chi connectivity index (χ0) is 23.3. The fourth-order valence-electron chi connectivity index (χ4n) is 3.85. The summed E-state index contributed by atoms with van der Waals surface area (Å²) >= 11 is 1.14. The molecule has 1 aliphatic heterocycles. The van der Waals surface area contributed by atoms with Crippen molar-refractivity contribution >= 4 is 23.2 Å². The van der Waals surface area contributed by atoms with Crippen LogP contribution in [0, 0.1) is 5.92 Å². The minimum absolute atomic E-state index is 0.109. The molecule has 3 rings (SSSR count). The number of carboxylic acid groups (broad SMARTS) is 1. The predicted molar refractivity (Wildman–Crippen MR) is 119 cm³/mol. The molecule has 0 spiro atoms. The largest absolute Gasteiger partial charge is 0.477 e. The maximum atomic E-state index is 14.1. The SMILES string of the molecule is C[C@H](Cc1ccccc1)[C@H](O)C=C[C@H]1CC(F)(F)C(=O)N1CCCc1ccc(C(=O)O)s1. The number of aliphatic hydroxyl groups excluding tert-OH is 1. The third-order valence-electron chi connectivity index (χ3n) is 5.65. The van der Waals surface area contributed by atoms with Gasteiger partial charge in [0.25, 0.3) is 5.91 Å². The van der Waals surface area contributed by atoms with Gasteiger partial charge in [-0.1, -0.05) is 49.4 Å². The van der Waals surface area contributed by atoms with Crippen molar-refractivity contribution in [2.75, 3.05) is 6.54 Å². The second-order valence-electron chi connectivity index (χ2n) is 8.19. The van der Waals surface area contributed by atoms with Crippen LogP contribution in [0.25, 0.3) is 0 Å². The Hall–Kier alpha value is -2.58. The first-order valence-corrected chi connectivity index (χ1v) is 11.4. The number of aliphatic hydroxyl groups is 1. The number of carbonyl (C=O) groups excluding carboxylic acids is 1. The highest BCUT2D eigenvalue weighted by atomic mass is 32.1. The summed E-state index contributed by atoms with van der Waals surface area (Å²) in [5.74, 6) is -5.73. The molecule has 0 radical (unpaired) electrons. The van der Waals surface area contributed by atoms with Crippen molar-refractivity contribution < 1.29 is 28.6 Å². The number of aryl methyl sites for hydroxylation is 1. The summed E-state index contributed by atoms with van der Waals surface area (Å²) in [4.78, 5) is 25.4. The summed E-state index contributed by atoms with van der Waals surface area (Å²) < 4.78 is 28.2. The summed E-state index contributed by atoms with van der Waals surface area (Å²) in [5, 5.41) is 19.5. The maximum absolute atomic E-state index is 14.1. The van der Waals surface area contributed by atoms with Crippen LogP contribution >= 0.6 is 11.3 Å². The molecule has 1 aliphatic rings. The third-order valence-corrected chi connectivity index (χ3v) is 6.78. The molecule has 0 aliphatic carbocycles. The predicted octanol–water partition coefficient (Wildman–Crippen LogP) is 4.41. The first-order chi connectivity index (χ1) is 15.2. The molecule has 172 valence electrons. The van der Waals surface area contributed by atoms with Crippen LogP contribution in [0.5, 0.6) is 0 Å². The highest BCUT2D eigenvalue weighted by molar-refractivity contribution is 7.13. The average Bonchev–Trinajstić information content (AvgIpc) is 3.31. The Kier molecular flexibility index (Phi) is 7.79. The highest BCUT2D eigenvalue weighted by Gasteiger charge is 2.52.